The van der Waals surface area contributed by atoms with Crippen molar-refractivity contribution in [3.05, 3.63) is 109 Å². The van der Waals surface area contributed by atoms with Gasteiger partial charge in [0.25, 0.3) is 0 Å². The van der Waals surface area contributed by atoms with Crippen LogP contribution in [0.3, 0.4) is 0 Å². The first-order chi connectivity index (χ1) is 33.2. The Balaban J connectivity index is 1.11. The molecular formula is C51H18B12N4O2. The van der Waals surface area contributed by atoms with Crippen molar-refractivity contribution < 1.29 is 8.83 Å². The molecule has 0 aliphatic carbocycles. The third kappa shape index (κ3) is 6.26. The molecule has 0 unspecified atom stereocenters. The Morgan fingerprint density at radius 3 is 1.62 bits per heavy atom. The molecule has 12 rings (SSSR count). The highest BCUT2D eigenvalue weighted by Crippen LogP contribution is 2.41. The summed E-state index contributed by atoms with van der Waals surface area (Å²) in [5.41, 5.74) is 7.41. The fourth-order valence-electron chi connectivity index (χ4n) is 9.61. The molecule has 0 fully saturated rings. The van der Waals surface area contributed by atoms with Crippen molar-refractivity contribution in [1.29, 1.82) is 0 Å². The lowest BCUT2D eigenvalue weighted by Gasteiger charge is -2.21. The van der Waals surface area contributed by atoms with E-state index in [1.165, 1.54) is 0 Å². The number of hydrogen-bond donors (Lipinski definition) is 0. The molecule has 4 heterocycles. The van der Waals surface area contributed by atoms with E-state index >= 15 is 0 Å². The van der Waals surface area contributed by atoms with Crippen molar-refractivity contribution in [2.45, 2.75) is 0 Å². The van der Waals surface area contributed by atoms with Gasteiger partial charge in [-0.3, -0.25) is 0 Å². The van der Waals surface area contributed by atoms with Crippen molar-refractivity contribution in [2.24, 2.45) is 0 Å². The number of furan rings is 2. The van der Waals surface area contributed by atoms with E-state index in [4.69, 9.17) is 118 Å². The van der Waals surface area contributed by atoms with Gasteiger partial charge < -0.3 is 13.4 Å². The zero-order chi connectivity index (χ0) is 47.9. The summed E-state index contributed by atoms with van der Waals surface area (Å²) < 4.78 is 15.4. The van der Waals surface area contributed by atoms with Gasteiger partial charge in [-0.15, -0.1) is 32.8 Å². The highest BCUT2D eigenvalue weighted by molar-refractivity contribution is 6.70. The molecule has 6 nitrogen and oxygen atoms in total. The number of hydrogen-bond acceptors (Lipinski definition) is 5. The van der Waals surface area contributed by atoms with E-state index < -0.39 is 0 Å². The molecule has 18 heteroatoms. The van der Waals surface area contributed by atoms with Gasteiger partial charge in [-0.1, -0.05) is 106 Å². The topological polar surface area (TPSA) is 69.9 Å². The first kappa shape index (κ1) is 43.2. The van der Waals surface area contributed by atoms with Gasteiger partial charge >= 0.3 is 0 Å². The molecular weight excluding hydrogens is 830 g/mol. The summed E-state index contributed by atoms with van der Waals surface area (Å²) in [6.07, 6.45) is 0. The molecule has 24 radical (unpaired) electrons. The molecule has 0 saturated carbocycles. The van der Waals surface area contributed by atoms with Crippen molar-refractivity contribution in [3.8, 4) is 51.0 Å². The standard InChI is InChI=1S/C51H18B12N4O2/c52-35-31-32-36(53)41(58)45(62)46(63)48(32)69-47(31)34(39(56)40(35)57)51-65-49(64-50(66-51)33-37(54)42(59)44(61)43(60)38(33)55)21-14-16-24-29(18-21)68-28-12-6-11-26(30(24)28)67-25-10-5-4-9-22(25)23-15-13-20(17-27(23)67)19-7-2-1-3-8-19/h1-18H. The molecule has 0 saturated heterocycles. The van der Waals surface area contributed by atoms with Gasteiger partial charge in [-0.25, -0.2) is 15.0 Å². The molecule has 69 heavy (non-hydrogen) atoms. The molecule has 290 valence electrons. The smallest absolute Gasteiger partial charge is 0.167 e. The van der Waals surface area contributed by atoms with Gasteiger partial charge in [0.1, 0.15) is 116 Å². The Morgan fingerprint density at radius 2 is 0.884 bits per heavy atom. The van der Waals surface area contributed by atoms with Crippen molar-refractivity contribution >= 4 is 225 Å². The van der Waals surface area contributed by atoms with Crippen LogP contribution in [0.1, 0.15) is 0 Å². The molecule has 0 N–H and O–H groups in total. The minimum absolute atomic E-state index is 0.00348. The minimum Gasteiger partial charge on any atom is -0.456 e. The van der Waals surface area contributed by atoms with Crippen LogP contribution in [0.2, 0.25) is 0 Å². The predicted octanol–water partition coefficient (Wildman–Crippen LogP) is -1.04. The monoisotopic (exact) mass is 850 g/mol. The first-order valence-corrected chi connectivity index (χ1v) is 21.5. The maximum atomic E-state index is 6.82. The molecule has 0 amide bonds. The van der Waals surface area contributed by atoms with Crippen LogP contribution in [0.25, 0.3) is 117 Å². The fraction of sp³-hybridized carbons (Fsp3) is 0. The lowest BCUT2D eigenvalue weighted by molar-refractivity contribution is 0.669. The van der Waals surface area contributed by atoms with Crippen LogP contribution in [0.4, 0.5) is 0 Å². The van der Waals surface area contributed by atoms with Crippen molar-refractivity contribution in [1.82, 2.24) is 19.5 Å². The van der Waals surface area contributed by atoms with Crippen LogP contribution in [-0.4, -0.2) is 114 Å². The van der Waals surface area contributed by atoms with Crippen molar-refractivity contribution in [2.75, 3.05) is 0 Å². The van der Waals surface area contributed by atoms with Crippen LogP contribution in [0, 0.1) is 0 Å². The molecule has 4 aromatic heterocycles. The SMILES string of the molecule is [B]c1c([B])c([B])c(-c2nc(-c3ccc4c(c3)oc3cccc(-n5c6ccccc6c6ccc(-c7ccccc7)cc65)c34)nc(-c3c([B])c([B])c([B])c4c3oc3c([B])c([B])c([B])c([B])c34)n2)c([B])c1[B]. The largest absolute Gasteiger partial charge is 0.456 e. The van der Waals surface area contributed by atoms with Gasteiger partial charge in [-0.05, 0) is 47.5 Å². The van der Waals surface area contributed by atoms with Crippen molar-refractivity contribution in [3.63, 3.8) is 0 Å². The van der Waals surface area contributed by atoms with Crippen LogP contribution in [0.5, 0.6) is 0 Å². The summed E-state index contributed by atoms with van der Waals surface area (Å²) in [6, 6.07) is 37.0. The average Bonchev–Trinajstić information content (AvgIpc) is 4.06. The van der Waals surface area contributed by atoms with Gasteiger partial charge in [0.2, 0.25) is 0 Å². The van der Waals surface area contributed by atoms with Gasteiger partial charge in [0, 0.05) is 38.1 Å². The first-order valence-electron chi connectivity index (χ1n) is 21.5. The lowest BCUT2D eigenvalue weighted by atomic mass is 9.60. The average molecular weight is 848 g/mol. The Labute approximate surface area is 411 Å². The van der Waals surface area contributed by atoms with Crippen LogP contribution in [0.15, 0.2) is 118 Å². The quantitative estimate of drug-likeness (QED) is 0.208. The van der Waals surface area contributed by atoms with Gasteiger partial charge in [0.15, 0.2) is 17.5 Å². The van der Waals surface area contributed by atoms with Crippen LogP contribution >= 0.6 is 0 Å². The molecule has 8 aromatic carbocycles. The molecule has 0 aliphatic heterocycles. The third-order valence-electron chi connectivity index (χ3n) is 13.2. The van der Waals surface area contributed by atoms with Gasteiger partial charge in [0.05, 0.1) is 27.7 Å². The molecule has 0 bridgehead atoms. The normalized spacial score (nSPS) is 11.9. The summed E-state index contributed by atoms with van der Waals surface area (Å²) >= 11 is 0. The Morgan fingerprint density at radius 1 is 0.333 bits per heavy atom. The molecule has 0 spiro atoms. The zero-order valence-electron chi connectivity index (χ0n) is 36.4. The maximum absolute atomic E-state index is 6.82. The summed E-state index contributed by atoms with van der Waals surface area (Å²) in [7, 11) is 77.9. The Hall–Kier alpha value is -7.05. The highest BCUT2D eigenvalue weighted by Gasteiger charge is 2.27. The summed E-state index contributed by atoms with van der Waals surface area (Å²) in [5, 5.41) is 4.50. The number of para-hydroxylation sites is 1. The van der Waals surface area contributed by atoms with Crippen LogP contribution < -0.4 is 65.6 Å². The number of fused-ring (bicyclic) bond motifs is 9. The fourth-order valence-corrected chi connectivity index (χ4v) is 9.61. The van der Waals surface area contributed by atoms with E-state index in [2.05, 4.69) is 59.2 Å². The van der Waals surface area contributed by atoms with E-state index in [0.29, 0.717) is 16.7 Å². The Kier molecular flexibility index (Phi) is 9.87. The minimum atomic E-state index is -0.0395. The molecule has 0 aliphatic rings. The van der Waals surface area contributed by atoms with Gasteiger partial charge in [-0.2, -0.15) is 0 Å². The highest BCUT2D eigenvalue weighted by atomic mass is 16.3. The molecule has 12 aromatic rings. The molecule has 0 atom stereocenters. The number of rotatable bonds is 5. The lowest BCUT2D eigenvalue weighted by Crippen LogP contribution is -2.55. The van der Waals surface area contributed by atoms with Crippen LogP contribution in [-0.2, 0) is 0 Å². The second kappa shape index (κ2) is 15.7. The number of aromatic nitrogens is 4. The predicted molar refractivity (Wildman–Crippen MR) is 295 cm³/mol. The van der Waals surface area contributed by atoms with E-state index in [0.717, 1.165) is 49.4 Å². The second-order valence-corrected chi connectivity index (χ2v) is 16.9. The van der Waals surface area contributed by atoms with E-state index in [9.17, 15) is 0 Å². The van der Waals surface area contributed by atoms with E-state index in [-0.39, 0.29) is 116 Å². The number of nitrogens with zero attached hydrogens (tertiary/aromatic N) is 4. The second-order valence-electron chi connectivity index (χ2n) is 16.9. The maximum Gasteiger partial charge on any atom is 0.167 e. The van der Waals surface area contributed by atoms with E-state index in [1.807, 2.05) is 54.6 Å². The third-order valence-corrected chi connectivity index (χ3v) is 13.2. The zero-order valence-corrected chi connectivity index (χ0v) is 36.4. The summed E-state index contributed by atoms with van der Waals surface area (Å²) in [4.78, 5) is 14.8. The Bertz CT molecular complexity index is 4210. The summed E-state index contributed by atoms with van der Waals surface area (Å²) in [5.74, 6) is 0.0540. The summed E-state index contributed by atoms with van der Waals surface area (Å²) in [6.45, 7) is 0. The number of benzene rings is 8. The van der Waals surface area contributed by atoms with E-state index in [1.54, 1.807) is 0 Å².